The number of aromatic nitrogens is 1. The molecule has 1 aromatic rings. The fourth-order valence-corrected chi connectivity index (χ4v) is 1.59. The average Bonchev–Trinajstić information content (AvgIpc) is 2.67. The minimum Gasteiger partial charge on any atom is -0.383 e. The van der Waals surface area contributed by atoms with Gasteiger partial charge in [-0.1, -0.05) is 0 Å². The first kappa shape index (κ1) is 11.4. The van der Waals surface area contributed by atoms with Crippen LogP contribution in [0, 0.1) is 0 Å². The number of carbonyl (C=O) groups excluding carboxylic acids is 1. The average molecular weight is 235 g/mol. The molecule has 0 aromatic carbocycles. The van der Waals surface area contributed by atoms with E-state index in [1.165, 1.54) is 11.3 Å². The molecule has 1 N–H and O–H groups in total. The van der Waals surface area contributed by atoms with Crippen LogP contribution in [-0.2, 0) is 4.74 Å². The molecule has 0 saturated carbocycles. The fraction of sp³-hybridized carbons (Fsp3) is 0.500. The van der Waals surface area contributed by atoms with Gasteiger partial charge in [0.15, 0.2) is 0 Å². The quantitative estimate of drug-likeness (QED) is 0.777. The maximum atomic E-state index is 11.3. The molecule has 0 radical (unpaired) electrons. The molecular formula is C8H11ClN2O2S. The topological polar surface area (TPSA) is 51.2 Å². The molecule has 0 aliphatic heterocycles. The highest BCUT2D eigenvalue weighted by molar-refractivity contribution is 7.07. The molecule has 1 rings (SSSR count). The smallest absolute Gasteiger partial charge is 0.270 e. The Hall–Kier alpha value is -0.650. The minimum atomic E-state index is -0.206. The molecular weight excluding hydrogens is 224 g/mol. The molecule has 1 atom stereocenters. The molecule has 1 unspecified atom stereocenters. The number of methoxy groups -OCH3 is 1. The summed E-state index contributed by atoms with van der Waals surface area (Å²) in [5.74, 6) is -0.201. The summed E-state index contributed by atoms with van der Waals surface area (Å²) in [4.78, 5) is 15.2. The van der Waals surface area contributed by atoms with E-state index in [9.17, 15) is 4.79 Å². The lowest BCUT2D eigenvalue weighted by Crippen LogP contribution is -2.31. The highest BCUT2D eigenvalue weighted by atomic mass is 35.5. The lowest BCUT2D eigenvalue weighted by Gasteiger charge is -2.08. The highest BCUT2D eigenvalue weighted by Crippen LogP contribution is 2.01. The van der Waals surface area contributed by atoms with Crippen molar-refractivity contribution >= 4 is 28.8 Å². The van der Waals surface area contributed by atoms with E-state index < -0.39 is 0 Å². The normalized spacial score (nSPS) is 12.4. The molecule has 0 bridgehead atoms. The summed E-state index contributed by atoms with van der Waals surface area (Å²) in [6.45, 7) is 0.796. The van der Waals surface area contributed by atoms with Gasteiger partial charge in [0.1, 0.15) is 5.69 Å². The van der Waals surface area contributed by atoms with Crippen LogP contribution < -0.4 is 5.32 Å². The van der Waals surface area contributed by atoms with E-state index >= 15 is 0 Å². The minimum absolute atomic E-state index is 0.201. The Morgan fingerprint density at radius 3 is 3.21 bits per heavy atom. The monoisotopic (exact) mass is 234 g/mol. The second-order valence-corrected chi connectivity index (χ2v) is 3.97. The molecule has 0 fully saturated rings. The van der Waals surface area contributed by atoms with Crippen molar-refractivity contribution in [3.63, 3.8) is 0 Å². The van der Waals surface area contributed by atoms with E-state index in [2.05, 4.69) is 10.3 Å². The van der Waals surface area contributed by atoms with Gasteiger partial charge in [0, 0.05) is 19.0 Å². The van der Waals surface area contributed by atoms with E-state index in [1.54, 1.807) is 18.0 Å². The van der Waals surface area contributed by atoms with Crippen LogP contribution in [0.3, 0.4) is 0 Å². The maximum absolute atomic E-state index is 11.3. The molecule has 0 aliphatic carbocycles. The van der Waals surface area contributed by atoms with Gasteiger partial charge in [0.05, 0.1) is 17.5 Å². The van der Waals surface area contributed by atoms with Crippen molar-refractivity contribution < 1.29 is 9.53 Å². The number of hydrogen-bond donors (Lipinski definition) is 1. The van der Waals surface area contributed by atoms with Crippen molar-refractivity contribution in [2.45, 2.75) is 5.38 Å². The van der Waals surface area contributed by atoms with Crippen LogP contribution in [0.5, 0.6) is 0 Å². The summed E-state index contributed by atoms with van der Waals surface area (Å²) in [7, 11) is 1.57. The number of thiazole rings is 1. The standard InChI is InChI=1S/C8H11ClN2O2S/c1-13-3-6(9)2-10-8(12)7-4-14-5-11-7/h4-6H,2-3H2,1H3,(H,10,12). The van der Waals surface area contributed by atoms with Gasteiger partial charge in [0.25, 0.3) is 5.91 Å². The van der Waals surface area contributed by atoms with Crippen molar-refractivity contribution in [1.82, 2.24) is 10.3 Å². The Bertz CT molecular complexity index is 279. The first-order valence-corrected chi connectivity index (χ1v) is 5.41. The molecule has 1 amide bonds. The van der Waals surface area contributed by atoms with Gasteiger partial charge in [-0.05, 0) is 0 Å². The zero-order chi connectivity index (χ0) is 10.4. The second-order valence-electron chi connectivity index (χ2n) is 2.64. The van der Waals surface area contributed by atoms with Crippen LogP contribution in [0.25, 0.3) is 0 Å². The Balaban J connectivity index is 2.28. The number of halogens is 1. The van der Waals surface area contributed by atoms with Crippen molar-refractivity contribution in [3.8, 4) is 0 Å². The van der Waals surface area contributed by atoms with Crippen molar-refractivity contribution in [2.75, 3.05) is 20.3 Å². The van der Waals surface area contributed by atoms with E-state index in [0.717, 1.165) is 0 Å². The Morgan fingerprint density at radius 1 is 1.86 bits per heavy atom. The number of nitrogens with zero attached hydrogens (tertiary/aromatic N) is 1. The number of ether oxygens (including phenoxy) is 1. The van der Waals surface area contributed by atoms with Crippen molar-refractivity contribution in [3.05, 3.63) is 16.6 Å². The molecule has 0 saturated heterocycles. The number of alkyl halides is 1. The highest BCUT2D eigenvalue weighted by Gasteiger charge is 2.09. The number of rotatable bonds is 5. The van der Waals surface area contributed by atoms with E-state index in [-0.39, 0.29) is 11.3 Å². The van der Waals surface area contributed by atoms with Gasteiger partial charge in [-0.2, -0.15) is 0 Å². The van der Waals surface area contributed by atoms with Gasteiger partial charge in [0.2, 0.25) is 0 Å². The van der Waals surface area contributed by atoms with Crippen LogP contribution in [-0.4, -0.2) is 36.5 Å². The predicted octanol–water partition coefficient (Wildman–Crippen LogP) is 1.13. The van der Waals surface area contributed by atoms with E-state index in [0.29, 0.717) is 18.8 Å². The van der Waals surface area contributed by atoms with Crippen LogP contribution in [0.15, 0.2) is 10.9 Å². The molecule has 6 heteroatoms. The number of nitrogens with one attached hydrogen (secondary N) is 1. The maximum Gasteiger partial charge on any atom is 0.270 e. The molecule has 0 aliphatic rings. The van der Waals surface area contributed by atoms with Crippen LogP contribution in [0.2, 0.25) is 0 Å². The third-order valence-electron chi connectivity index (χ3n) is 1.50. The summed E-state index contributed by atoms with van der Waals surface area (Å²) in [6, 6.07) is 0. The molecule has 14 heavy (non-hydrogen) atoms. The second kappa shape index (κ2) is 5.95. The van der Waals surface area contributed by atoms with Gasteiger partial charge in [-0.3, -0.25) is 4.79 Å². The van der Waals surface area contributed by atoms with E-state index in [1.807, 2.05) is 0 Å². The summed E-state index contributed by atoms with van der Waals surface area (Å²) < 4.78 is 4.83. The Morgan fingerprint density at radius 2 is 2.64 bits per heavy atom. The molecule has 1 aromatic heterocycles. The molecule has 4 nitrogen and oxygen atoms in total. The molecule has 0 spiro atoms. The molecule has 78 valence electrons. The van der Waals surface area contributed by atoms with E-state index in [4.69, 9.17) is 16.3 Å². The third kappa shape index (κ3) is 3.61. The van der Waals surface area contributed by atoms with Gasteiger partial charge in [-0.15, -0.1) is 22.9 Å². The number of carbonyl (C=O) groups is 1. The first-order valence-electron chi connectivity index (χ1n) is 4.03. The van der Waals surface area contributed by atoms with Gasteiger partial charge in [-0.25, -0.2) is 4.98 Å². The number of hydrogen-bond acceptors (Lipinski definition) is 4. The molecule has 1 heterocycles. The zero-order valence-electron chi connectivity index (χ0n) is 7.70. The zero-order valence-corrected chi connectivity index (χ0v) is 9.27. The lowest BCUT2D eigenvalue weighted by molar-refractivity contribution is 0.0945. The van der Waals surface area contributed by atoms with Gasteiger partial charge < -0.3 is 10.1 Å². The van der Waals surface area contributed by atoms with Crippen LogP contribution in [0.1, 0.15) is 10.5 Å². The summed E-state index contributed by atoms with van der Waals surface area (Å²) in [5.41, 5.74) is 2.04. The fourth-order valence-electron chi connectivity index (χ4n) is 0.858. The summed E-state index contributed by atoms with van der Waals surface area (Å²) in [5, 5.41) is 4.15. The largest absolute Gasteiger partial charge is 0.383 e. The summed E-state index contributed by atoms with van der Waals surface area (Å²) in [6.07, 6.45) is 0. The van der Waals surface area contributed by atoms with Crippen molar-refractivity contribution in [2.24, 2.45) is 0 Å². The SMILES string of the molecule is COCC(Cl)CNC(=O)c1cscn1. The van der Waals surface area contributed by atoms with Gasteiger partial charge >= 0.3 is 0 Å². The van der Waals surface area contributed by atoms with Crippen LogP contribution in [0.4, 0.5) is 0 Å². The summed E-state index contributed by atoms with van der Waals surface area (Å²) >= 11 is 7.21. The predicted molar refractivity (Wildman–Crippen MR) is 56.0 cm³/mol. The Labute approximate surface area is 91.2 Å². The Kier molecular flexibility index (Phi) is 4.86. The third-order valence-corrected chi connectivity index (χ3v) is 2.36. The van der Waals surface area contributed by atoms with Crippen LogP contribution >= 0.6 is 22.9 Å². The number of amides is 1. The van der Waals surface area contributed by atoms with Crippen molar-refractivity contribution in [1.29, 1.82) is 0 Å². The first-order chi connectivity index (χ1) is 6.74. The lowest BCUT2D eigenvalue weighted by atomic mass is 10.4.